The second kappa shape index (κ2) is 13.3. The number of para-hydroxylation sites is 1. The quantitative estimate of drug-likeness (QED) is 0.200. The predicted molar refractivity (Wildman–Crippen MR) is 171 cm³/mol. The predicted octanol–water partition coefficient (Wildman–Crippen LogP) is 5.91. The fourth-order valence-corrected chi connectivity index (χ4v) is 5.73. The molecule has 2 N–H and O–H groups in total. The Morgan fingerprint density at radius 2 is 1.78 bits per heavy atom. The zero-order valence-electron chi connectivity index (χ0n) is 25.8. The fraction of sp³-hybridized carbons (Fsp3) is 0.265. The first-order valence-corrected chi connectivity index (χ1v) is 15.0. The summed E-state index contributed by atoms with van der Waals surface area (Å²) in [5.41, 5.74) is 3.93. The minimum Gasteiger partial charge on any atom is -0.497 e. The van der Waals surface area contributed by atoms with Crippen molar-refractivity contribution in [1.82, 2.24) is 24.9 Å². The van der Waals surface area contributed by atoms with E-state index in [0.29, 0.717) is 49.1 Å². The number of nitrogens with zero attached hydrogens (tertiary/aromatic N) is 5. The van der Waals surface area contributed by atoms with Gasteiger partial charge in [0.2, 0.25) is 5.88 Å². The molecular formula is C34H35F2N7O3. The third-order valence-corrected chi connectivity index (χ3v) is 8.09. The highest BCUT2D eigenvalue weighted by atomic mass is 19.2. The van der Waals surface area contributed by atoms with E-state index in [9.17, 15) is 13.6 Å². The van der Waals surface area contributed by atoms with Gasteiger partial charge in [-0.1, -0.05) is 36.4 Å². The first kappa shape index (κ1) is 30.6. The molecule has 238 valence electrons. The molecule has 0 unspecified atom stereocenters. The average Bonchev–Trinajstić information content (AvgIpc) is 3.78. The highest BCUT2D eigenvalue weighted by Gasteiger charge is 2.36. The molecule has 12 heteroatoms. The van der Waals surface area contributed by atoms with Gasteiger partial charge in [-0.15, -0.1) is 5.10 Å². The van der Waals surface area contributed by atoms with E-state index in [1.54, 1.807) is 24.1 Å². The van der Waals surface area contributed by atoms with Gasteiger partial charge in [-0.2, -0.15) is 5.10 Å². The highest BCUT2D eigenvalue weighted by Crippen LogP contribution is 2.33. The van der Waals surface area contributed by atoms with Crippen LogP contribution in [0.15, 0.2) is 85.2 Å². The molecule has 0 bridgehead atoms. The number of urea groups is 1. The number of aromatic nitrogens is 4. The van der Waals surface area contributed by atoms with Crippen molar-refractivity contribution in [2.75, 3.05) is 37.0 Å². The van der Waals surface area contributed by atoms with E-state index in [0.717, 1.165) is 28.8 Å². The molecule has 1 aliphatic rings. The smallest absolute Gasteiger partial charge is 0.320 e. The summed E-state index contributed by atoms with van der Waals surface area (Å²) in [5, 5.41) is 15.2. The van der Waals surface area contributed by atoms with E-state index in [-0.39, 0.29) is 5.92 Å². The van der Waals surface area contributed by atoms with Gasteiger partial charge < -0.3 is 19.7 Å². The van der Waals surface area contributed by atoms with E-state index < -0.39 is 23.7 Å². The molecule has 0 aliphatic carbocycles. The summed E-state index contributed by atoms with van der Waals surface area (Å²) >= 11 is 0. The van der Waals surface area contributed by atoms with Crippen LogP contribution >= 0.6 is 0 Å². The van der Waals surface area contributed by atoms with E-state index in [1.165, 1.54) is 6.07 Å². The normalized spacial score (nSPS) is 16.0. The lowest BCUT2D eigenvalue weighted by atomic mass is 9.94. The molecule has 1 saturated heterocycles. The van der Waals surface area contributed by atoms with Crippen molar-refractivity contribution in [2.45, 2.75) is 32.4 Å². The SMILES string of the molecule is CCOc1nn(-c2ccccc2)c(NC(=O)N[C@@H]2CN(c3cnn(Cc4ccc(OC)cc4)c3)C[C@H]2c2ccc(F)c(F)c2)c1C. The Labute approximate surface area is 265 Å². The number of amides is 2. The van der Waals surface area contributed by atoms with Crippen molar-refractivity contribution < 1.29 is 23.0 Å². The Kier molecular flexibility index (Phi) is 8.86. The van der Waals surface area contributed by atoms with Crippen LogP contribution in [-0.2, 0) is 6.54 Å². The molecule has 1 aliphatic heterocycles. The lowest BCUT2D eigenvalue weighted by molar-refractivity contribution is 0.248. The van der Waals surface area contributed by atoms with Crippen LogP contribution in [0.1, 0.15) is 29.5 Å². The summed E-state index contributed by atoms with van der Waals surface area (Å²) in [7, 11) is 1.63. The molecule has 0 spiro atoms. The molecule has 3 heterocycles. The Bertz CT molecular complexity index is 1810. The van der Waals surface area contributed by atoms with Crippen LogP contribution < -0.4 is 25.0 Å². The topological polar surface area (TPSA) is 98.5 Å². The van der Waals surface area contributed by atoms with Crippen LogP contribution in [0.2, 0.25) is 0 Å². The van der Waals surface area contributed by atoms with Gasteiger partial charge in [0, 0.05) is 25.2 Å². The second-order valence-electron chi connectivity index (χ2n) is 11.1. The number of carbonyl (C=O) groups excluding carboxylic acids is 1. The Morgan fingerprint density at radius 3 is 2.50 bits per heavy atom. The zero-order chi connectivity index (χ0) is 32.2. The summed E-state index contributed by atoms with van der Waals surface area (Å²) < 4.78 is 42.7. The van der Waals surface area contributed by atoms with E-state index in [1.807, 2.05) is 79.3 Å². The molecule has 2 aromatic heterocycles. The van der Waals surface area contributed by atoms with Crippen LogP contribution in [-0.4, -0.2) is 58.4 Å². The maximum absolute atomic E-state index is 14.4. The molecule has 0 radical (unpaired) electrons. The van der Waals surface area contributed by atoms with Gasteiger partial charge in [-0.25, -0.2) is 18.3 Å². The average molecular weight is 628 g/mol. The van der Waals surface area contributed by atoms with E-state index in [4.69, 9.17) is 9.47 Å². The number of halogens is 2. The molecule has 5 aromatic rings. The van der Waals surface area contributed by atoms with Crippen molar-refractivity contribution in [3.63, 3.8) is 0 Å². The first-order valence-electron chi connectivity index (χ1n) is 15.0. The summed E-state index contributed by atoms with van der Waals surface area (Å²) in [5.74, 6) is -0.522. The Morgan fingerprint density at radius 1 is 1.00 bits per heavy atom. The zero-order valence-corrected chi connectivity index (χ0v) is 25.8. The van der Waals surface area contributed by atoms with Gasteiger partial charge >= 0.3 is 6.03 Å². The van der Waals surface area contributed by atoms with Crippen LogP contribution in [0.3, 0.4) is 0 Å². The molecule has 46 heavy (non-hydrogen) atoms. The molecule has 3 aromatic carbocycles. The van der Waals surface area contributed by atoms with Crippen molar-refractivity contribution in [1.29, 1.82) is 0 Å². The van der Waals surface area contributed by atoms with Gasteiger partial charge in [0.25, 0.3) is 0 Å². The van der Waals surface area contributed by atoms with Crippen LogP contribution in [0.4, 0.5) is 25.1 Å². The first-order chi connectivity index (χ1) is 22.3. The highest BCUT2D eigenvalue weighted by molar-refractivity contribution is 5.90. The summed E-state index contributed by atoms with van der Waals surface area (Å²) in [6.45, 7) is 5.56. The van der Waals surface area contributed by atoms with Gasteiger partial charge in [0.1, 0.15) is 11.6 Å². The van der Waals surface area contributed by atoms with Gasteiger partial charge in [-0.3, -0.25) is 10.00 Å². The molecular weight excluding hydrogens is 592 g/mol. The third kappa shape index (κ3) is 6.51. The van der Waals surface area contributed by atoms with Crippen molar-refractivity contribution in [3.8, 4) is 17.3 Å². The summed E-state index contributed by atoms with van der Waals surface area (Å²) in [6, 6.07) is 20.2. The number of methoxy groups -OCH3 is 1. The van der Waals surface area contributed by atoms with E-state index >= 15 is 0 Å². The van der Waals surface area contributed by atoms with Crippen molar-refractivity contribution in [2.24, 2.45) is 0 Å². The maximum Gasteiger partial charge on any atom is 0.320 e. The maximum atomic E-state index is 14.4. The summed E-state index contributed by atoms with van der Waals surface area (Å²) in [6.07, 6.45) is 3.71. The third-order valence-electron chi connectivity index (χ3n) is 8.09. The summed E-state index contributed by atoms with van der Waals surface area (Å²) in [4.78, 5) is 15.7. The number of benzene rings is 3. The van der Waals surface area contributed by atoms with Gasteiger partial charge in [0.05, 0.1) is 49.4 Å². The molecule has 10 nitrogen and oxygen atoms in total. The lowest BCUT2D eigenvalue weighted by Crippen LogP contribution is -2.42. The molecule has 2 atom stereocenters. The largest absolute Gasteiger partial charge is 0.497 e. The molecule has 6 rings (SSSR count). The van der Waals surface area contributed by atoms with E-state index in [2.05, 4.69) is 25.7 Å². The Balaban J connectivity index is 1.23. The number of hydrogen-bond acceptors (Lipinski definition) is 6. The fourth-order valence-electron chi connectivity index (χ4n) is 5.73. The van der Waals surface area contributed by atoms with Gasteiger partial charge in [-0.05, 0) is 61.4 Å². The molecule has 2 amide bonds. The van der Waals surface area contributed by atoms with Crippen LogP contribution in [0.25, 0.3) is 5.69 Å². The number of rotatable bonds is 10. The lowest BCUT2D eigenvalue weighted by Gasteiger charge is -2.21. The van der Waals surface area contributed by atoms with Crippen molar-refractivity contribution >= 4 is 17.5 Å². The number of anilines is 2. The number of carbonyl (C=O) groups is 1. The molecule has 0 saturated carbocycles. The number of nitrogens with one attached hydrogen (secondary N) is 2. The number of ether oxygens (including phenoxy) is 2. The number of hydrogen-bond donors (Lipinski definition) is 2. The monoisotopic (exact) mass is 627 g/mol. The Hall–Kier alpha value is -5.39. The second-order valence-corrected chi connectivity index (χ2v) is 11.1. The minimum absolute atomic E-state index is 0.329. The van der Waals surface area contributed by atoms with Crippen LogP contribution in [0, 0.1) is 18.6 Å². The van der Waals surface area contributed by atoms with Crippen LogP contribution in [0.5, 0.6) is 11.6 Å². The molecule has 1 fully saturated rings. The minimum atomic E-state index is -0.933. The van der Waals surface area contributed by atoms with Crippen molar-refractivity contribution in [3.05, 3.63) is 114 Å². The standard InChI is InChI=1S/C34H35F2N7O3/c1-4-46-33-22(2)32(43(40-33)25-8-6-5-7-9-25)39-34(44)38-31-21-41(20-28(31)24-12-15-29(35)30(36)16-24)26-17-37-42(19-26)18-23-10-13-27(45-3)14-11-23/h5-17,19,28,31H,4,18,20-21H2,1-3H3,(H2,38,39,44)/t28-,31+/m0/s1. The van der Waals surface area contributed by atoms with Gasteiger partial charge in [0.15, 0.2) is 11.6 Å².